The molecule has 1 aromatic heterocycles. The third kappa shape index (κ3) is 2.64. The smallest absolute Gasteiger partial charge is 0.255 e. The molecular weight excluding hydrogens is 248 g/mol. The molecule has 7 heteroatoms. The van der Waals surface area contributed by atoms with Gasteiger partial charge in [0.1, 0.15) is 12.2 Å². The van der Waals surface area contributed by atoms with Gasteiger partial charge in [0.15, 0.2) is 0 Å². The van der Waals surface area contributed by atoms with Gasteiger partial charge in [-0.1, -0.05) is 5.16 Å². The van der Waals surface area contributed by atoms with E-state index in [1.54, 1.807) is 0 Å². The first-order valence-electron chi connectivity index (χ1n) is 6.85. The van der Waals surface area contributed by atoms with E-state index < -0.39 is 6.10 Å². The van der Waals surface area contributed by atoms with Gasteiger partial charge in [-0.2, -0.15) is 4.98 Å². The molecule has 3 N–H and O–H groups in total. The monoisotopic (exact) mass is 268 g/mol. The summed E-state index contributed by atoms with van der Waals surface area (Å²) in [7, 11) is 0. The van der Waals surface area contributed by atoms with Crippen molar-refractivity contribution < 1.29 is 14.4 Å². The fraction of sp³-hybridized carbons (Fsp3) is 0.833. The fourth-order valence-electron chi connectivity index (χ4n) is 2.77. The molecular formula is C12H20N4O3. The Morgan fingerprint density at radius 1 is 1.53 bits per heavy atom. The van der Waals surface area contributed by atoms with E-state index in [1.807, 2.05) is 0 Å². The van der Waals surface area contributed by atoms with Crippen LogP contribution in [0.4, 0.5) is 0 Å². The molecule has 2 unspecified atom stereocenters. The molecule has 7 nitrogen and oxygen atoms in total. The number of hydrogen-bond acceptors (Lipinski definition) is 7. The number of ether oxygens (including phenoxy) is 1. The van der Waals surface area contributed by atoms with E-state index in [2.05, 4.69) is 15.0 Å². The summed E-state index contributed by atoms with van der Waals surface area (Å²) in [5.41, 5.74) is 5.39. The summed E-state index contributed by atoms with van der Waals surface area (Å²) in [5.74, 6) is 0.754. The predicted molar refractivity (Wildman–Crippen MR) is 66.2 cm³/mol. The largest absolute Gasteiger partial charge is 0.383 e. The average molecular weight is 268 g/mol. The van der Waals surface area contributed by atoms with E-state index in [4.69, 9.17) is 15.0 Å². The summed E-state index contributed by atoms with van der Waals surface area (Å²) >= 11 is 0. The predicted octanol–water partition coefficient (Wildman–Crippen LogP) is -0.0125. The van der Waals surface area contributed by atoms with Crippen molar-refractivity contribution in [3.8, 4) is 0 Å². The van der Waals surface area contributed by atoms with Crippen LogP contribution in [0.2, 0.25) is 0 Å². The van der Waals surface area contributed by atoms with Crippen molar-refractivity contribution in [1.82, 2.24) is 15.0 Å². The van der Waals surface area contributed by atoms with Gasteiger partial charge in [0.05, 0.1) is 6.61 Å². The molecule has 19 heavy (non-hydrogen) atoms. The lowest BCUT2D eigenvalue weighted by atomic mass is 10.2. The quantitative estimate of drug-likeness (QED) is 0.792. The third-order valence-corrected chi connectivity index (χ3v) is 3.86. The number of fused-ring (bicyclic) bond motifs is 1. The molecule has 3 heterocycles. The van der Waals surface area contributed by atoms with Gasteiger partial charge in [-0.25, -0.2) is 0 Å². The summed E-state index contributed by atoms with van der Waals surface area (Å²) in [5, 5.41) is 13.7. The fourth-order valence-corrected chi connectivity index (χ4v) is 2.77. The highest BCUT2D eigenvalue weighted by atomic mass is 16.5. The molecule has 106 valence electrons. The number of nitrogens with two attached hydrogens (primary N) is 1. The molecule has 0 spiro atoms. The van der Waals surface area contributed by atoms with Crippen LogP contribution in [-0.4, -0.2) is 52.4 Å². The SMILES string of the molecule is NCC[C@H](O)c1nc(C2CN3CCCC3CO2)no1. The maximum atomic E-state index is 9.75. The Morgan fingerprint density at radius 3 is 3.26 bits per heavy atom. The molecule has 0 saturated carbocycles. The molecule has 0 bridgehead atoms. The molecule has 1 aromatic rings. The minimum atomic E-state index is -0.783. The van der Waals surface area contributed by atoms with Gasteiger partial charge in [0.2, 0.25) is 5.82 Å². The summed E-state index contributed by atoms with van der Waals surface area (Å²) < 4.78 is 10.9. The first-order valence-corrected chi connectivity index (χ1v) is 6.85. The van der Waals surface area contributed by atoms with Gasteiger partial charge < -0.3 is 20.1 Å². The number of aliphatic hydroxyl groups excluding tert-OH is 1. The number of hydrogen-bond donors (Lipinski definition) is 2. The molecule has 0 aliphatic carbocycles. The Kier molecular flexibility index (Phi) is 3.79. The van der Waals surface area contributed by atoms with E-state index >= 15 is 0 Å². The van der Waals surface area contributed by atoms with Crippen LogP contribution in [0.25, 0.3) is 0 Å². The van der Waals surface area contributed by atoms with Crippen LogP contribution in [0.3, 0.4) is 0 Å². The highest BCUT2D eigenvalue weighted by molar-refractivity contribution is 4.98. The lowest BCUT2D eigenvalue weighted by Crippen LogP contribution is -2.42. The standard InChI is InChI=1S/C12H20N4O3/c13-4-3-9(17)12-14-11(15-19-12)10-6-16-5-1-2-8(16)7-18-10/h8-10,17H,1-7,13H2/t8?,9-,10?/m0/s1. The number of nitrogens with zero attached hydrogens (tertiary/aromatic N) is 3. The Labute approximate surface area is 111 Å². The maximum Gasteiger partial charge on any atom is 0.255 e. The highest BCUT2D eigenvalue weighted by Gasteiger charge is 2.35. The van der Waals surface area contributed by atoms with E-state index in [0.29, 0.717) is 24.8 Å². The van der Waals surface area contributed by atoms with Gasteiger partial charge in [0.25, 0.3) is 5.89 Å². The lowest BCUT2D eigenvalue weighted by Gasteiger charge is -2.33. The van der Waals surface area contributed by atoms with Crippen LogP contribution < -0.4 is 5.73 Å². The second-order valence-corrected chi connectivity index (χ2v) is 5.20. The number of morpholine rings is 1. The molecule has 2 aliphatic heterocycles. The minimum absolute atomic E-state index is 0.156. The first-order chi connectivity index (χ1) is 9.28. The molecule has 0 aromatic carbocycles. The Hall–Kier alpha value is -1.02. The number of rotatable bonds is 4. The van der Waals surface area contributed by atoms with Gasteiger partial charge in [0, 0.05) is 12.6 Å². The second kappa shape index (κ2) is 5.54. The van der Waals surface area contributed by atoms with Crippen molar-refractivity contribution in [2.75, 3.05) is 26.2 Å². The van der Waals surface area contributed by atoms with Crippen LogP contribution in [-0.2, 0) is 4.74 Å². The molecule has 0 amide bonds. The highest BCUT2D eigenvalue weighted by Crippen LogP contribution is 2.29. The summed E-state index contributed by atoms with van der Waals surface area (Å²) in [6.45, 7) is 3.02. The van der Waals surface area contributed by atoms with E-state index in [0.717, 1.165) is 19.7 Å². The van der Waals surface area contributed by atoms with Crippen LogP contribution in [0.15, 0.2) is 4.52 Å². The Morgan fingerprint density at radius 2 is 2.42 bits per heavy atom. The van der Waals surface area contributed by atoms with E-state index in [-0.39, 0.29) is 12.0 Å². The van der Waals surface area contributed by atoms with Crippen molar-refractivity contribution >= 4 is 0 Å². The van der Waals surface area contributed by atoms with Gasteiger partial charge >= 0.3 is 0 Å². The lowest BCUT2D eigenvalue weighted by molar-refractivity contribution is -0.0548. The normalized spacial score (nSPS) is 29.4. The topological polar surface area (TPSA) is 97.6 Å². The van der Waals surface area contributed by atoms with Crippen LogP contribution in [0.1, 0.15) is 43.2 Å². The Balaban J connectivity index is 1.66. The Bertz CT molecular complexity index is 425. The van der Waals surface area contributed by atoms with Gasteiger partial charge in [-0.15, -0.1) is 0 Å². The molecule has 2 fully saturated rings. The minimum Gasteiger partial charge on any atom is -0.383 e. The van der Waals surface area contributed by atoms with Gasteiger partial charge in [-0.05, 0) is 32.4 Å². The van der Waals surface area contributed by atoms with Crippen LogP contribution in [0.5, 0.6) is 0 Å². The van der Waals surface area contributed by atoms with Crippen LogP contribution in [0, 0.1) is 0 Å². The summed E-state index contributed by atoms with van der Waals surface area (Å²) in [6, 6.07) is 0.547. The molecule has 0 radical (unpaired) electrons. The summed E-state index contributed by atoms with van der Waals surface area (Å²) in [4.78, 5) is 6.65. The van der Waals surface area contributed by atoms with Gasteiger partial charge in [-0.3, -0.25) is 4.90 Å². The van der Waals surface area contributed by atoms with Crippen LogP contribution >= 0.6 is 0 Å². The molecule has 2 aliphatic rings. The molecule has 2 saturated heterocycles. The summed E-state index contributed by atoms with van der Waals surface area (Å²) in [6.07, 6.45) is 1.92. The van der Waals surface area contributed by atoms with E-state index in [1.165, 1.54) is 12.8 Å². The maximum absolute atomic E-state index is 9.75. The zero-order valence-corrected chi connectivity index (χ0v) is 10.9. The number of aliphatic hydroxyl groups is 1. The first kappa shape index (κ1) is 13.0. The zero-order valence-electron chi connectivity index (χ0n) is 10.9. The number of aromatic nitrogens is 2. The second-order valence-electron chi connectivity index (χ2n) is 5.20. The zero-order chi connectivity index (χ0) is 13.2. The van der Waals surface area contributed by atoms with Crippen molar-refractivity contribution in [1.29, 1.82) is 0 Å². The van der Waals surface area contributed by atoms with Crippen molar-refractivity contribution in [3.63, 3.8) is 0 Å². The van der Waals surface area contributed by atoms with Crippen molar-refractivity contribution in [2.45, 2.75) is 37.5 Å². The third-order valence-electron chi connectivity index (χ3n) is 3.86. The molecule has 3 rings (SSSR count). The van der Waals surface area contributed by atoms with E-state index in [9.17, 15) is 5.11 Å². The average Bonchev–Trinajstić information content (AvgIpc) is 3.07. The van der Waals surface area contributed by atoms with Crippen molar-refractivity contribution in [2.24, 2.45) is 5.73 Å². The molecule has 3 atom stereocenters. The van der Waals surface area contributed by atoms with Crippen molar-refractivity contribution in [3.05, 3.63) is 11.7 Å².